The minimum absolute atomic E-state index is 1.82. The fourth-order valence-electron chi connectivity index (χ4n) is 0.978. The van der Waals surface area contributed by atoms with E-state index in [1.807, 2.05) is 0 Å². The maximum atomic E-state index is 12.9. The van der Waals surface area contributed by atoms with Crippen LogP contribution in [0.5, 0.6) is 0 Å². The zero-order valence-electron chi connectivity index (χ0n) is 8.37. The Kier molecular flexibility index (Phi) is 5.11. The van der Waals surface area contributed by atoms with Gasteiger partial charge in [-0.05, 0) is 6.42 Å². The van der Waals surface area contributed by atoms with E-state index < -0.39 is 48.7 Å². The van der Waals surface area contributed by atoms with Gasteiger partial charge in [0.1, 0.15) is 0 Å². The van der Waals surface area contributed by atoms with Gasteiger partial charge in [0.05, 0.1) is 0 Å². The lowest BCUT2D eigenvalue weighted by molar-refractivity contribution is -0.148. The first-order chi connectivity index (χ1) is 7.89. The summed E-state index contributed by atoms with van der Waals surface area (Å²) in [5.41, 5.74) is -2.84. The summed E-state index contributed by atoms with van der Waals surface area (Å²) < 4.78 is 97.3. The number of carboxylic acids is 1. The topological polar surface area (TPSA) is 37.3 Å². The summed E-state index contributed by atoms with van der Waals surface area (Å²) in [6.45, 7) is 0. The standard InChI is InChI=1S/C8H6F8O2/c9-3(1-2-7(12,13)14)8(15,16)4(5(10)11)6(17)18/h3H,1-2H2,(H,17,18). The van der Waals surface area contributed by atoms with Crippen LogP contribution in [0.25, 0.3) is 0 Å². The van der Waals surface area contributed by atoms with Gasteiger partial charge in [0.25, 0.3) is 6.08 Å². The molecule has 0 aromatic carbocycles. The van der Waals surface area contributed by atoms with Crippen LogP contribution >= 0.6 is 0 Å². The van der Waals surface area contributed by atoms with Gasteiger partial charge in [-0.15, -0.1) is 0 Å². The Morgan fingerprint density at radius 3 is 1.83 bits per heavy atom. The maximum Gasteiger partial charge on any atom is 0.389 e. The van der Waals surface area contributed by atoms with Crippen LogP contribution in [0.3, 0.4) is 0 Å². The predicted molar refractivity (Wildman–Crippen MR) is 42.0 cm³/mol. The Labute approximate surface area is 94.9 Å². The monoisotopic (exact) mass is 286 g/mol. The lowest BCUT2D eigenvalue weighted by atomic mass is 10.0. The normalized spacial score (nSPS) is 14.2. The van der Waals surface area contributed by atoms with E-state index in [2.05, 4.69) is 0 Å². The molecule has 0 aliphatic carbocycles. The van der Waals surface area contributed by atoms with E-state index in [0.717, 1.165) is 0 Å². The van der Waals surface area contributed by atoms with Gasteiger partial charge in [0, 0.05) is 6.42 Å². The van der Waals surface area contributed by atoms with Crippen LogP contribution < -0.4 is 0 Å². The third kappa shape index (κ3) is 4.49. The number of hydrogen-bond donors (Lipinski definition) is 1. The molecule has 0 spiro atoms. The number of aliphatic carboxylic acids is 1. The summed E-state index contributed by atoms with van der Waals surface area (Å²) in [5, 5.41) is 8.05. The molecule has 0 aliphatic rings. The molecule has 0 bridgehead atoms. The van der Waals surface area contributed by atoms with E-state index in [0.29, 0.717) is 0 Å². The average molecular weight is 286 g/mol. The smallest absolute Gasteiger partial charge is 0.389 e. The van der Waals surface area contributed by atoms with Gasteiger partial charge in [-0.1, -0.05) is 0 Å². The van der Waals surface area contributed by atoms with E-state index >= 15 is 0 Å². The molecule has 2 nitrogen and oxygen atoms in total. The van der Waals surface area contributed by atoms with Crippen molar-refractivity contribution in [3.63, 3.8) is 0 Å². The van der Waals surface area contributed by atoms with Gasteiger partial charge in [-0.2, -0.15) is 30.7 Å². The molecule has 0 aromatic rings. The molecule has 0 saturated heterocycles. The molecule has 0 aliphatic heterocycles. The van der Waals surface area contributed by atoms with Gasteiger partial charge in [0.2, 0.25) is 0 Å². The molecular formula is C8H6F8O2. The second-order valence-electron chi connectivity index (χ2n) is 3.18. The lowest BCUT2D eigenvalue weighted by Crippen LogP contribution is -2.37. The summed E-state index contributed by atoms with van der Waals surface area (Å²) in [6, 6.07) is 0. The zero-order chi connectivity index (χ0) is 14.7. The first-order valence-corrected chi connectivity index (χ1v) is 4.27. The van der Waals surface area contributed by atoms with E-state index in [9.17, 15) is 39.9 Å². The number of hydrogen-bond acceptors (Lipinski definition) is 1. The van der Waals surface area contributed by atoms with Crippen LogP contribution in [0, 0.1) is 0 Å². The molecule has 1 unspecified atom stereocenters. The van der Waals surface area contributed by atoms with Crippen molar-refractivity contribution < 1.29 is 45.0 Å². The van der Waals surface area contributed by atoms with Crippen LogP contribution in [0.15, 0.2) is 11.7 Å². The zero-order valence-corrected chi connectivity index (χ0v) is 8.37. The molecule has 10 heteroatoms. The van der Waals surface area contributed by atoms with E-state index in [4.69, 9.17) is 5.11 Å². The number of halogens is 8. The van der Waals surface area contributed by atoms with Crippen LogP contribution in [0.2, 0.25) is 0 Å². The summed E-state index contributed by atoms with van der Waals surface area (Å²) in [4.78, 5) is 10.1. The fraction of sp³-hybridized carbons (Fsp3) is 0.625. The van der Waals surface area contributed by atoms with Crippen LogP contribution in [0.1, 0.15) is 12.8 Å². The summed E-state index contributed by atoms with van der Waals surface area (Å²) in [7, 11) is 0. The number of carbonyl (C=O) groups is 1. The highest BCUT2D eigenvalue weighted by atomic mass is 19.4. The van der Waals surface area contributed by atoms with Crippen molar-refractivity contribution in [2.75, 3.05) is 0 Å². The molecule has 18 heavy (non-hydrogen) atoms. The van der Waals surface area contributed by atoms with Crippen molar-refractivity contribution in [1.29, 1.82) is 0 Å². The maximum absolute atomic E-state index is 12.9. The quantitative estimate of drug-likeness (QED) is 0.620. The van der Waals surface area contributed by atoms with Crippen molar-refractivity contribution >= 4 is 5.97 Å². The highest BCUT2D eigenvalue weighted by Crippen LogP contribution is 2.37. The Hall–Kier alpha value is -1.35. The average Bonchev–Trinajstić information content (AvgIpc) is 2.10. The van der Waals surface area contributed by atoms with Crippen molar-refractivity contribution in [1.82, 2.24) is 0 Å². The summed E-state index contributed by atoms with van der Waals surface area (Å²) in [5.74, 6) is -8.00. The SMILES string of the molecule is O=C(O)C(=C(F)F)C(F)(F)C(F)CCC(F)(F)F. The number of alkyl halides is 6. The van der Waals surface area contributed by atoms with E-state index in [1.54, 1.807) is 0 Å². The molecule has 0 amide bonds. The molecule has 0 fully saturated rings. The largest absolute Gasteiger partial charge is 0.478 e. The van der Waals surface area contributed by atoms with Gasteiger partial charge in [0.15, 0.2) is 11.7 Å². The second kappa shape index (κ2) is 5.53. The van der Waals surface area contributed by atoms with Gasteiger partial charge in [-0.25, -0.2) is 9.18 Å². The Morgan fingerprint density at radius 1 is 1.11 bits per heavy atom. The first-order valence-electron chi connectivity index (χ1n) is 4.27. The Morgan fingerprint density at radius 2 is 1.56 bits per heavy atom. The molecule has 0 rings (SSSR count). The predicted octanol–water partition coefficient (Wildman–Crippen LogP) is 3.54. The molecular weight excluding hydrogens is 280 g/mol. The van der Waals surface area contributed by atoms with Crippen LogP contribution in [0.4, 0.5) is 35.1 Å². The van der Waals surface area contributed by atoms with Crippen LogP contribution in [-0.2, 0) is 4.79 Å². The number of rotatable bonds is 5. The van der Waals surface area contributed by atoms with Crippen molar-refractivity contribution in [2.45, 2.75) is 31.1 Å². The summed E-state index contributed by atoms with van der Waals surface area (Å²) >= 11 is 0. The fourth-order valence-corrected chi connectivity index (χ4v) is 0.978. The molecule has 106 valence electrons. The first kappa shape index (κ1) is 16.6. The minimum atomic E-state index is -5.20. The van der Waals surface area contributed by atoms with Gasteiger partial charge >= 0.3 is 18.1 Å². The lowest BCUT2D eigenvalue weighted by Gasteiger charge is -2.20. The molecule has 0 radical (unpaired) electrons. The molecule has 0 heterocycles. The van der Waals surface area contributed by atoms with Crippen molar-refractivity contribution in [3.8, 4) is 0 Å². The Balaban J connectivity index is 5.02. The van der Waals surface area contributed by atoms with Gasteiger partial charge < -0.3 is 5.11 Å². The molecule has 1 atom stereocenters. The van der Waals surface area contributed by atoms with Crippen LogP contribution in [-0.4, -0.2) is 29.3 Å². The molecule has 0 aromatic heterocycles. The number of carboxylic acid groups (broad SMARTS) is 1. The third-order valence-electron chi connectivity index (χ3n) is 1.81. The van der Waals surface area contributed by atoms with Crippen molar-refractivity contribution in [3.05, 3.63) is 11.7 Å². The molecule has 1 N–H and O–H groups in total. The van der Waals surface area contributed by atoms with E-state index in [-0.39, 0.29) is 0 Å². The van der Waals surface area contributed by atoms with Gasteiger partial charge in [-0.3, -0.25) is 0 Å². The highest BCUT2D eigenvalue weighted by molar-refractivity contribution is 5.88. The van der Waals surface area contributed by atoms with E-state index in [1.165, 1.54) is 0 Å². The summed E-state index contributed by atoms with van der Waals surface area (Å²) in [6.07, 6.45) is -15.8. The second-order valence-corrected chi connectivity index (χ2v) is 3.18. The third-order valence-corrected chi connectivity index (χ3v) is 1.81. The highest BCUT2D eigenvalue weighted by Gasteiger charge is 2.51. The molecule has 0 saturated carbocycles. The minimum Gasteiger partial charge on any atom is -0.478 e. The van der Waals surface area contributed by atoms with Crippen molar-refractivity contribution in [2.24, 2.45) is 0 Å². The Bertz CT molecular complexity index is 341.